The van der Waals surface area contributed by atoms with Crippen LogP contribution < -0.4 is 10.5 Å². The van der Waals surface area contributed by atoms with Crippen LogP contribution >= 0.6 is 0 Å². The van der Waals surface area contributed by atoms with Gasteiger partial charge in [0, 0.05) is 13.3 Å². The number of aromatic nitrogens is 1. The molecule has 0 fully saturated rings. The van der Waals surface area contributed by atoms with Gasteiger partial charge in [-0.25, -0.2) is 0 Å². The van der Waals surface area contributed by atoms with Gasteiger partial charge < -0.3 is 15.2 Å². The van der Waals surface area contributed by atoms with Crippen LogP contribution in [0, 0.1) is 0 Å². The zero-order valence-electron chi connectivity index (χ0n) is 7.86. The second-order valence-electron chi connectivity index (χ2n) is 2.72. The molecule has 1 aromatic rings. The van der Waals surface area contributed by atoms with Gasteiger partial charge in [0.1, 0.15) is 5.75 Å². The fourth-order valence-electron chi connectivity index (χ4n) is 1.03. The maximum absolute atomic E-state index is 5.81. The molecular weight excluding hydrogens is 168 g/mol. The summed E-state index contributed by atoms with van der Waals surface area (Å²) in [6.45, 7) is 0.481. The highest BCUT2D eigenvalue weighted by molar-refractivity contribution is 5.25. The minimum Gasteiger partial charge on any atom is -0.495 e. The van der Waals surface area contributed by atoms with Gasteiger partial charge in [-0.3, -0.25) is 4.98 Å². The molecule has 1 aromatic heterocycles. The first-order valence-corrected chi connectivity index (χ1v) is 4.01. The second kappa shape index (κ2) is 4.79. The van der Waals surface area contributed by atoms with Crippen LogP contribution in [0.4, 0.5) is 0 Å². The van der Waals surface area contributed by atoms with Crippen molar-refractivity contribution >= 4 is 0 Å². The number of hydrogen-bond donors (Lipinski definition) is 1. The third-order valence-electron chi connectivity index (χ3n) is 1.74. The van der Waals surface area contributed by atoms with Gasteiger partial charge in [-0.2, -0.15) is 0 Å². The lowest BCUT2D eigenvalue weighted by atomic mass is 10.1. The summed E-state index contributed by atoms with van der Waals surface area (Å²) in [4.78, 5) is 4.00. The molecule has 0 aliphatic carbocycles. The molecule has 1 heterocycles. The van der Waals surface area contributed by atoms with Gasteiger partial charge >= 0.3 is 0 Å². The fraction of sp³-hybridized carbons (Fsp3) is 0.444. The van der Waals surface area contributed by atoms with Gasteiger partial charge in [-0.15, -0.1) is 0 Å². The van der Waals surface area contributed by atoms with Gasteiger partial charge in [-0.1, -0.05) is 0 Å². The van der Waals surface area contributed by atoms with Crippen LogP contribution in [0.2, 0.25) is 0 Å². The van der Waals surface area contributed by atoms with Crippen LogP contribution in [0.1, 0.15) is 11.6 Å². The molecule has 0 aromatic carbocycles. The van der Waals surface area contributed by atoms with E-state index in [2.05, 4.69) is 4.98 Å². The smallest absolute Gasteiger partial charge is 0.137 e. The van der Waals surface area contributed by atoms with Crippen molar-refractivity contribution in [1.82, 2.24) is 4.98 Å². The molecule has 4 nitrogen and oxygen atoms in total. The van der Waals surface area contributed by atoms with Crippen molar-refractivity contribution in [3.05, 3.63) is 24.0 Å². The van der Waals surface area contributed by atoms with Crippen molar-refractivity contribution in [2.45, 2.75) is 6.04 Å². The summed E-state index contributed by atoms with van der Waals surface area (Å²) in [6.07, 6.45) is 3.36. The van der Waals surface area contributed by atoms with Crippen LogP contribution in [0.15, 0.2) is 18.5 Å². The Balaban J connectivity index is 2.75. The van der Waals surface area contributed by atoms with Gasteiger partial charge in [-0.05, 0) is 11.6 Å². The zero-order chi connectivity index (χ0) is 9.68. The van der Waals surface area contributed by atoms with E-state index in [0.717, 1.165) is 5.56 Å². The lowest BCUT2D eigenvalue weighted by Gasteiger charge is -2.10. The number of methoxy groups -OCH3 is 2. The Morgan fingerprint density at radius 3 is 2.85 bits per heavy atom. The highest BCUT2D eigenvalue weighted by Crippen LogP contribution is 2.15. The summed E-state index contributed by atoms with van der Waals surface area (Å²) in [5.41, 5.74) is 6.73. The van der Waals surface area contributed by atoms with Crippen molar-refractivity contribution < 1.29 is 9.47 Å². The van der Waals surface area contributed by atoms with Crippen molar-refractivity contribution in [2.75, 3.05) is 20.8 Å². The Labute approximate surface area is 77.7 Å². The summed E-state index contributed by atoms with van der Waals surface area (Å²) in [5.74, 6) is 0.712. The molecule has 0 aliphatic rings. The fourth-order valence-corrected chi connectivity index (χ4v) is 1.03. The number of nitrogens with two attached hydrogens (primary N) is 1. The summed E-state index contributed by atoms with van der Waals surface area (Å²) >= 11 is 0. The molecule has 0 amide bonds. The SMILES string of the molecule is COC[C@H](N)c1cncc(OC)c1. The highest BCUT2D eigenvalue weighted by atomic mass is 16.5. The van der Waals surface area contributed by atoms with E-state index in [0.29, 0.717) is 12.4 Å². The average Bonchev–Trinajstić information content (AvgIpc) is 2.18. The van der Waals surface area contributed by atoms with E-state index in [1.54, 1.807) is 26.6 Å². The van der Waals surface area contributed by atoms with Crippen molar-refractivity contribution in [2.24, 2.45) is 5.73 Å². The molecule has 1 atom stereocenters. The predicted molar refractivity (Wildman–Crippen MR) is 49.6 cm³/mol. The number of rotatable bonds is 4. The minimum absolute atomic E-state index is 0.146. The molecule has 1 rings (SSSR count). The van der Waals surface area contributed by atoms with Gasteiger partial charge in [0.2, 0.25) is 0 Å². The number of ether oxygens (including phenoxy) is 2. The third kappa shape index (κ3) is 2.68. The predicted octanol–water partition coefficient (Wildman–Crippen LogP) is 0.736. The van der Waals surface area contributed by atoms with Crippen LogP contribution in [0.3, 0.4) is 0 Å². The third-order valence-corrected chi connectivity index (χ3v) is 1.74. The average molecular weight is 182 g/mol. The molecule has 13 heavy (non-hydrogen) atoms. The number of pyridine rings is 1. The molecule has 2 N–H and O–H groups in total. The summed E-state index contributed by atoms with van der Waals surface area (Å²) in [7, 11) is 3.22. The molecule has 0 spiro atoms. The summed E-state index contributed by atoms with van der Waals surface area (Å²) in [5, 5.41) is 0. The van der Waals surface area contributed by atoms with Crippen molar-refractivity contribution in [3.8, 4) is 5.75 Å². The maximum Gasteiger partial charge on any atom is 0.137 e. The van der Waals surface area contributed by atoms with Gasteiger partial charge in [0.05, 0.1) is 26.0 Å². The van der Waals surface area contributed by atoms with E-state index in [1.807, 2.05) is 6.07 Å². The molecular formula is C9H14N2O2. The molecule has 0 aliphatic heterocycles. The van der Waals surface area contributed by atoms with Gasteiger partial charge in [0.25, 0.3) is 0 Å². The molecule has 0 saturated heterocycles. The Bertz CT molecular complexity index is 266. The summed E-state index contributed by atoms with van der Waals surface area (Å²) < 4.78 is 9.96. The summed E-state index contributed by atoms with van der Waals surface area (Å²) in [6, 6.07) is 1.71. The number of hydrogen-bond acceptors (Lipinski definition) is 4. The van der Waals surface area contributed by atoms with E-state index < -0.39 is 0 Å². The van der Waals surface area contributed by atoms with E-state index in [-0.39, 0.29) is 6.04 Å². The van der Waals surface area contributed by atoms with Crippen LogP contribution in [0.25, 0.3) is 0 Å². The monoisotopic (exact) mass is 182 g/mol. The van der Waals surface area contributed by atoms with Crippen LogP contribution in [0.5, 0.6) is 5.75 Å². The first-order valence-electron chi connectivity index (χ1n) is 4.01. The van der Waals surface area contributed by atoms with Crippen LogP contribution in [-0.4, -0.2) is 25.8 Å². The maximum atomic E-state index is 5.81. The van der Waals surface area contributed by atoms with E-state index in [1.165, 1.54) is 0 Å². The topological polar surface area (TPSA) is 57.4 Å². The molecule has 72 valence electrons. The largest absolute Gasteiger partial charge is 0.495 e. The number of nitrogens with zero attached hydrogens (tertiary/aromatic N) is 1. The molecule has 0 unspecified atom stereocenters. The Morgan fingerprint density at radius 2 is 2.23 bits per heavy atom. The molecule has 0 saturated carbocycles. The minimum atomic E-state index is -0.146. The lowest BCUT2D eigenvalue weighted by Crippen LogP contribution is -2.16. The van der Waals surface area contributed by atoms with E-state index >= 15 is 0 Å². The van der Waals surface area contributed by atoms with Crippen LogP contribution in [-0.2, 0) is 4.74 Å². The first kappa shape index (κ1) is 9.95. The standard InChI is InChI=1S/C9H14N2O2/c1-12-6-9(10)7-3-8(13-2)5-11-4-7/h3-5,9H,6,10H2,1-2H3/t9-/m0/s1. The Morgan fingerprint density at radius 1 is 1.46 bits per heavy atom. The molecule has 0 radical (unpaired) electrons. The van der Waals surface area contributed by atoms with Crippen molar-refractivity contribution in [1.29, 1.82) is 0 Å². The van der Waals surface area contributed by atoms with E-state index in [4.69, 9.17) is 15.2 Å². The molecule has 4 heteroatoms. The first-order chi connectivity index (χ1) is 6.27. The Hall–Kier alpha value is -1.13. The van der Waals surface area contributed by atoms with E-state index in [9.17, 15) is 0 Å². The lowest BCUT2D eigenvalue weighted by molar-refractivity contribution is 0.180. The molecule has 0 bridgehead atoms. The zero-order valence-corrected chi connectivity index (χ0v) is 7.86. The quantitative estimate of drug-likeness (QED) is 0.746. The van der Waals surface area contributed by atoms with Gasteiger partial charge in [0.15, 0.2) is 0 Å². The second-order valence-corrected chi connectivity index (χ2v) is 2.72. The Kier molecular flexibility index (Phi) is 3.67. The normalized spacial score (nSPS) is 12.5. The highest BCUT2D eigenvalue weighted by Gasteiger charge is 2.06. The van der Waals surface area contributed by atoms with Crippen molar-refractivity contribution in [3.63, 3.8) is 0 Å².